The number of benzene rings is 2. The van der Waals surface area contributed by atoms with Crippen LogP contribution in [0.4, 0.5) is 0 Å². The summed E-state index contributed by atoms with van der Waals surface area (Å²) in [6.07, 6.45) is 0.678. The molecule has 0 saturated heterocycles. The second-order valence-electron chi connectivity index (χ2n) is 5.55. The molecule has 0 aliphatic heterocycles. The molecule has 1 N–H and O–H groups in total. The first-order valence-corrected chi connectivity index (χ1v) is 7.50. The molecule has 3 nitrogen and oxygen atoms in total. The highest BCUT2D eigenvalue weighted by Crippen LogP contribution is 2.29. The number of rotatable bonds is 8. The van der Waals surface area contributed by atoms with E-state index in [9.17, 15) is 4.79 Å². The van der Waals surface area contributed by atoms with Crippen molar-refractivity contribution in [1.29, 1.82) is 0 Å². The summed E-state index contributed by atoms with van der Waals surface area (Å²) in [5.41, 5.74) is 1.24. The van der Waals surface area contributed by atoms with Crippen LogP contribution < -0.4 is 0 Å². The Morgan fingerprint density at radius 1 is 1.05 bits per heavy atom. The van der Waals surface area contributed by atoms with Crippen molar-refractivity contribution in [3.05, 3.63) is 71.8 Å². The number of aliphatic hydroxyl groups excluding tert-OH is 1. The Morgan fingerprint density at radius 2 is 1.64 bits per heavy atom. The molecule has 2 aromatic rings. The van der Waals surface area contributed by atoms with Gasteiger partial charge in [0, 0.05) is 12.8 Å². The van der Waals surface area contributed by atoms with E-state index in [0.717, 1.165) is 11.1 Å². The summed E-state index contributed by atoms with van der Waals surface area (Å²) in [6, 6.07) is 19.4. The second-order valence-corrected chi connectivity index (χ2v) is 5.55. The number of ketones is 1. The molecule has 0 radical (unpaired) electrons. The fourth-order valence-electron chi connectivity index (χ4n) is 2.56. The molecule has 22 heavy (non-hydrogen) atoms. The van der Waals surface area contributed by atoms with Gasteiger partial charge in [0.05, 0.1) is 18.8 Å². The average molecular weight is 298 g/mol. The Morgan fingerprint density at radius 3 is 2.23 bits per heavy atom. The van der Waals surface area contributed by atoms with Crippen LogP contribution in [-0.4, -0.2) is 24.1 Å². The molecule has 116 valence electrons. The fourth-order valence-corrected chi connectivity index (χ4v) is 2.56. The molecule has 0 aliphatic carbocycles. The van der Waals surface area contributed by atoms with Gasteiger partial charge in [-0.15, -0.1) is 0 Å². The molecule has 3 heteroatoms. The molecule has 2 aromatic carbocycles. The van der Waals surface area contributed by atoms with E-state index in [1.165, 1.54) is 0 Å². The van der Waals surface area contributed by atoms with Gasteiger partial charge in [-0.2, -0.15) is 0 Å². The second kappa shape index (κ2) is 7.87. The highest BCUT2D eigenvalue weighted by atomic mass is 16.5. The van der Waals surface area contributed by atoms with Crippen LogP contribution in [0.25, 0.3) is 0 Å². The average Bonchev–Trinajstić information content (AvgIpc) is 2.54. The number of carbonyl (C=O) groups excluding carboxylic acids is 1. The van der Waals surface area contributed by atoms with Gasteiger partial charge in [-0.25, -0.2) is 0 Å². The normalized spacial score (nSPS) is 13.5. The molecule has 0 aromatic heterocycles. The largest absolute Gasteiger partial charge is 0.394 e. The maximum atomic E-state index is 12.4. The highest BCUT2D eigenvalue weighted by molar-refractivity contribution is 5.82. The van der Waals surface area contributed by atoms with Gasteiger partial charge in [-0.1, -0.05) is 60.7 Å². The lowest BCUT2D eigenvalue weighted by atomic mass is 9.88. The third-order valence-corrected chi connectivity index (χ3v) is 3.67. The third-order valence-electron chi connectivity index (χ3n) is 3.67. The predicted octanol–water partition coefficient (Wildman–Crippen LogP) is 3.11. The van der Waals surface area contributed by atoms with Gasteiger partial charge in [-0.3, -0.25) is 4.79 Å². The van der Waals surface area contributed by atoms with Crippen molar-refractivity contribution in [2.24, 2.45) is 0 Å². The molecule has 0 fully saturated rings. The third kappa shape index (κ3) is 4.52. The lowest BCUT2D eigenvalue weighted by Crippen LogP contribution is -2.31. The van der Waals surface area contributed by atoms with E-state index in [1.54, 1.807) is 0 Å². The summed E-state index contributed by atoms with van der Waals surface area (Å²) >= 11 is 0. The van der Waals surface area contributed by atoms with Crippen molar-refractivity contribution < 1.29 is 14.6 Å². The molecule has 2 rings (SSSR count). The van der Waals surface area contributed by atoms with E-state index in [0.29, 0.717) is 6.42 Å². The van der Waals surface area contributed by atoms with Gasteiger partial charge in [-0.05, 0) is 18.1 Å². The minimum absolute atomic E-state index is 0.0602. The maximum Gasteiger partial charge on any atom is 0.140 e. The molecule has 0 amide bonds. The van der Waals surface area contributed by atoms with Crippen molar-refractivity contribution in [1.82, 2.24) is 0 Å². The van der Waals surface area contributed by atoms with Crippen LogP contribution in [0.2, 0.25) is 0 Å². The quantitative estimate of drug-likeness (QED) is 0.814. The number of aliphatic hydroxyl groups is 1. The van der Waals surface area contributed by atoms with Crippen molar-refractivity contribution >= 4 is 5.78 Å². The summed E-state index contributed by atoms with van der Waals surface area (Å²) in [5.74, 6) is 0.121. The summed E-state index contributed by atoms with van der Waals surface area (Å²) < 4.78 is 5.80. The summed E-state index contributed by atoms with van der Waals surface area (Å²) in [6.45, 7) is 2.06. The number of ether oxygens (including phenoxy) is 1. The Balaban J connectivity index is 2.11. The van der Waals surface area contributed by atoms with Crippen molar-refractivity contribution in [2.45, 2.75) is 25.4 Å². The van der Waals surface area contributed by atoms with E-state index in [-0.39, 0.29) is 25.4 Å². The standard InChI is InChI=1S/C19H22O3/c1-19(22-13-12-20,17-10-6-3-7-11-17)15-18(21)14-16-8-4-2-5-9-16/h2-11,20H,12-15H2,1H3. The monoisotopic (exact) mass is 298 g/mol. The fraction of sp³-hybridized carbons (Fsp3) is 0.316. The van der Waals surface area contributed by atoms with Crippen LogP contribution in [0.15, 0.2) is 60.7 Å². The first-order chi connectivity index (χ1) is 10.6. The number of hydrogen-bond acceptors (Lipinski definition) is 3. The Bertz CT molecular complexity index is 580. The Hall–Kier alpha value is -1.97. The molecule has 0 bridgehead atoms. The molecule has 0 aliphatic rings. The molecule has 1 atom stereocenters. The predicted molar refractivity (Wildman–Crippen MR) is 86.6 cm³/mol. The van der Waals surface area contributed by atoms with Gasteiger partial charge in [0.25, 0.3) is 0 Å². The van der Waals surface area contributed by atoms with E-state index >= 15 is 0 Å². The molecule has 0 saturated carbocycles. The lowest BCUT2D eigenvalue weighted by molar-refractivity contribution is -0.127. The van der Waals surface area contributed by atoms with Gasteiger partial charge in [0.15, 0.2) is 0 Å². The van der Waals surface area contributed by atoms with E-state index in [1.807, 2.05) is 67.6 Å². The Kier molecular flexibility index (Phi) is 5.87. The van der Waals surface area contributed by atoms with Crippen LogP contribution >= 0.6 is 0 Å². The van der Waals surface area contributed by atoms with Crippen LogP contribution in [0, 0.1) is 0 Å². The Labute approximate surface area is 131 Å². The highest BCUT2D eigenvalue weighted by Gasteiger charge is 2.30. The number of carbonyl (C=O) groups is 1. The van der Waals surface area contributed by atoms with Crippen LogP contribution in [0.5, 0.6) is 0 Å². The van der Waals surface area contributed by atoms with Crippen molar-refractivity contribution in [3.8, 4) is 0 Å². The SMILES string of the molecule is CC(CC(=O)Cc1ccccc1)(OCCO)c1ccccc1. The zero-order chi connectivity index (χ0) is 15.8. The first-order valence-electron chi connectivity index (χ1n) is 7.50. The van der Waals surface area contributed by atoms with Crippen LogP contribution in [0.3, 0.4) is 0 Å². The topological polar surface area (TPSA) is 46.5 Å². The first kappa shape index (κ1) is 16.4. The van der Waals surface area contributed by atoms with Crippen LogP contribution in [0.1, 0.15) is 24.5 Å². The minimum atomic E-state index is -0.712. The summed E-state index contributed by atoms with van der Waals surface area (Å²) in [7, 11) is 0. The van der Waals surface area contributed by atoms with Gasteiger partial charge >= 0.3 is 0 Å². The maximum absolute atomic E-state index is 12.4. The van der Waals surface area contributed by atoms with Crippen molar-refractivity contribution in [2.75, 3.05) is 13.2 Å². The molecule has 1 unspecified atom stereocenters. The molecular weight excluding hydrogens is 276 g/mol. The molecule has 0 spiro atoms. The van der Waals surface area contributed by atoms with E-state index in [2.05, 4.69) is 0 Å². The zero-order valence-electron chi connectivity index (χ0n) is 12.9. The van der Waals surface area contributed by atoms with Gasteiger partial charge in [0.2, 0.25) is 0 Å². The summed E-state index contributed by atoms with van der Waals surface area (Å²) in [5, 5.41) is 9.04. The molecular formula is C19H22O3. The number of Topliss-reactive ketones (excluding diaryl/α,β-unsaturated/α-hetero) is 1. The van der Waals surface area contributed by atoms with E-state index in [4.69, 9.17) is 9.84 Å². The lowest BCUT2D eigenvalue weighted by Gasteiger charge is -2.30. The van der Waals surface area contributed by atoms with Gasteiger partial charge in [0.1, 0.15) is 5.78 Å². The summed E-state index contributed by atoms with van der Waals surface area (Å²) in [4.78, 5) is 12.4. The molecule has 0 heterocycles. The smallest absolute Gasteiger partial charge is 0.140 e. The van der Waals surface area contributed by atoms with Crippen LogP contribution in [-0.2, 0) is 21.6 Å². The minimum Gasteiger partial charge on any atom is -0.394 e. The van der Waals surface area contributed by atoms with Gasteiger partial charge < -0.3 is 9.84 Å². The zero-order valence-corrected chi connectivity index (χ0v) is 12.9. The van der Waals surface area contributed by atoms with Crippen molar-refractivity contribution in [3.63, 3.8) is 0 Å². The van der Waals surface area contributed by atoms with E-state index < -0.39 is 5.60 Å². The number of hydrogen-bond donors (Lipinski definition) is 1.